The highest BCUT2D eigenvalue weighted by Crippen LogP contribution is 2.47. The first-order valence-electron chi connectivity index (χ1n) is 10.9. The van der Waals surface area contributed by atoms with E-state index in [4.69, 9.17) is 4.98 Å². The van der Waals surface area contributed by atoms with E-state index in [1.807, 2.05) is 11.3 Å². The van der Waals surface area contributed by atoms with Gasteiger partial charge in [0, 0.05) is 16.0 Å². The topological polar surface area (TPSA) is 12.9 Å². The van der Waals surface area contributed by atoms with Gasteiger partial charge in [-0.1, -0.05) is 50.6 Å². The molecule has 2 aliphatic rings. The number of hydrogen-bond acceptors (Lipinski definition) is 2. The molecule has 3 heteroatoms. The molecular formula is C26H32ClNS. The first-order valence-corrected chi connectivity index (χ1v) is 11.8. The molecule has 0 saturated carbocycles. The van der Waals surface area contributed by atoms with Crippen molar-refractivity contribution in [3.8, 4) is 11.1 Å². The highest BCUT2D eigenvalue weighted by atomic mass is 35.5. The van der Waals surface area contributed by atoms with E-state index in [1.54, 1.807) is 16.0 Å². The third kappa shape index (κ3) is 3.64. The Morgan fingerprint density at radius 2 is 1.69 bits per heavy atom. The fourth-order valence-corrected chi connectivity index (χ4v) is 6.53. The number of nitrogens with zero attached hydrogens (tertiary/aromatic N) is 1. The standard InChI is InChI=1S/C26H31NS.ClH/c1-16-9-11-17(12-10-16)23-20-15-18(26(2,3)4)13-14-21(20)27-25-24(23)19-7-5-6-8-22(19)28-25;/h9-12,18H,5-8,13-15H2,1-4H3;1H. The minimum Gasteiger partial charge on any atom is -0.242 e. The molecule has 0 saturated heterocycles. The van der Waals surface area contributed by atoms with Gasteiger partial charge in [-0.25, -0.2) is 4.98 Å². The third-order valence-corrected chi connectivity index (χ3v) is 8.22. The van der Waals surface area contributed by atoms with Crippen molar-refractivity contribution in [2.45, 2.75) is 72.6 Å². The van der Waals surface area contributed by atoms with Crippen molar-refractivity contribution in [2.24, 2.45) is 11.3 Å². The van der Waals surface area contributed by atoms with Crippen LogP contribution in [0.4, 0.5) is 0 Å². The summed E-state index contributed by atoms with van der Waals surface area (Å²) in [5.74, 6) is 0.734. The van der Waals surface area contributed by atoms with Crippen molar-refractivity contribution in [2.75, 3.05) is 0 Å². The van der Waals surface area contributed by atoms with Crippen molar-refractivity contribution >= 4 is 34.0 Å². The Morgan fingerprint density at radius 3 is 2.41 bits per heavy atom. The monoisotopic (exact) mass is 425 g/mol. The van der Waals surface area contributed by atoms with Crippen LogP contribution in [-0.2, 0) is 25.7 Å². The minimum atomic E-state index is 0. The van der Waals surface area contributed by atoms with E-state index >= 15 is 0 Å². The molecule has 0 amide bonds. The Kier molecular flexibility index (Phi) is 5.55. The molecule has 0 spiro atoms. The smallest absolute Gasteiger partial charge is 0.124 e. The number of pyridine rings is 1. The van der Waals surface area contributed by atoms with Crippen LogP contribution in [0.25, 0.3) is 21.3 Å². The summed E-state index contributed by atoms with van der Waals surface area (Å²) < 4.78 is 0. The molecular weight excluding hydrogens is 394 g/mol. The van der Waals surface area contributed by atoms with Crippen molar-refractivity contribution in [3.63, 3.8) is 0 Å². The molecule has 0 aliphatic heterocycles. The predicted octanol–water partition coefficient (Wildman–Crippen LogP) is 7.72. The summed E-state index contributed by atoms with van der Waals surface area (Å²) in [7, 11) is 0. The molecule has 0 bridgehead atoms. The fraction of sp³-hybridized carbons (Fsp3) is 0.500. The number of benzene rings is 1. The van der Waals surface area contributed by atoms with Crippen LogP contribution < -0.4 is 0 Å². The van der Waals surface area contributed by atoms with Gasteiger partial charge >= 0.3 is 0 Å². The quantitative estimate of drug-likeness (QED) is 0.388. The van der Waals surface area contributed by atoms with Gasteiger partial charge in [-0.3, -0.25) is 0 Å². The van der Waals surface area contributed by atoms with Gasteiger partial charge in [0.25, 0.3) is 0 Å². The van der Waals surface area contributed by atoms with Gasteiger partial charge < -0.3 is 0 Å². The SMILES string of the molecule is Cc1ccc(-c2c3c(nc4sc5c(c24)CCCC5)CCC(C(C)(C)C)C3)cc1.Cl. The average Bonchev–Trinajstić information content (AvgIpc) is 3.04. The van der Waals surface area contributed by atoms with Crippen LogP contribution in [0.1, 0.15) is 67.3 Å². The van der Waals surface area contributed by atoms with Crippen LogP contribution in [0, 0.1) is 18.3 Å². The van der Waals surface area contributed by atoms with Crippen LogP contribution in [-0.4, -0.2) is 4.98 Å². The van der Waals surface area contributed by atoms with Gasteiger partial charge in [-0.05, 0) is 85.5 Å². The highest BCUT2D eigenvalue weighted by Gasteiger charge is 2.33. The first kappa shape index (κ1) is 20.9. The van der Waals surface area contributed by atoms with E-state index in [1.165, 1.54) is 71.1 Å². The van der Waals surface area contributed by atoms with Crippen molar-refractivity contribution in [3.05, 3.63) is 51.5 Å². The summed E-state index contributed by atoms with van der Waals surface area (Å²) in [6.45, 7) is 9.41. The summed E-state index contributed by atoms with van der Waals surface area (Å²) in [5.41, 5.74) is 9.16. The Hall–Kier alpha value is -1.38. The number of fused-ring (bicyclic) bond motifs is 4. The van der Waals surface area contributed by atoms with Gasteiger partial charge in [0.15, 0.2) is 0 Å². The molecule has 2 heterocycles. The maximum atomic E-state index is 5.26. The molecule has 1 aromatic carbocycles. The Balaban J connectivity index is 0.00000205. The molecule has 1 unspecified atom stereocenters. The molecule has 154 valence electrons. The van der Waals surface area contributed by atoms with E-state index < -0.39 is 0 Å². The summed E-state index contributed by atoms with van der Waals surface area (Å²) in [6, 6.07) is 9.24. The number of hydrogen-bond donors (Lipinski definition) is 0. The number of thiophene rings is 1. The van der Waals surface area contributed by atoms with Crippen LogP contribution in [0.5, 0.6) is 0 Å². The number of aromatic nitrogens is 1. The van der Waals surface area contributed by atoms with Crippen LogP contribution in [0.3, 0.4) is 0 Å². The van der Waals surface area contributed by atoms with Crippen LogP contribution in [0.2, 0.25) is 0 Å². The Morgan fingerprint density at radius 1 is 0.966 bits per heavy atom. The molecule has 0 fully saturated rings. The lowest BCUT2D eigenvalue weighted by molar-refractivity contribution is 0.215. The predicted molar refractivity (Wildman–Crippen MR) is 129 cm³/mol. The maximum Gasteiger partial charge on any atom is 0.124 e. The molecule has 2 aromatic heterocycles. The van der Waals surface area contributed by atoms with Crippen LogP contribution >= 0.6 is 23.7 Å². The van der Waals surface area contributed by atoms with Gasteiger partial charge in [-0.15, -0.1) is 23.7 Å². The van der Waals surface area contributed by atoms with Crippen molar-refractivity contribution in [1.82, 2.24) is 4.98 Å². The van der Waals surface area contributed by atoms with Gasteiger partial charge in [0.2, 0.25) is 0 Å². The number of rotatable bonds is 1. The lowest BCUT2D eigenvalue weighted by Gasteiger charge is -2.35. The van der Waals surface area contributed by atoms with Crippen molar-refractivity contribution < 1.29 is 0 Å². The van der Waals surface area contributed by atoms with E-state index in [9.17, 15) is 0 Å². The van der Waals surface area contributed by atoms with Crippen molar-refractivity contribution in [1.29, 1.82) is 0 Å². The molecule has 2 aliphatic carbocycles. The Bertz CT molecular complexity index is 1040. The number of aryl methyl sites for hydroxylation is 4. The molecule has 0 N–H and O–H groups in total. The Labute approximate surface area is 185 Å². The van der Waals surface area contributed by atoms with Gasteiger partial charge in [-0.2, -0.15) is 0 Å². The second-order valence-corrected chi connectivity index (χ2v) is 11.1. The van der Waals surface area contributed by atoms with E-state index in [0.717, 1.165) is 12.3 Å². The maximum absolute atomic E-state index is 5.26. The minimum absolute atomic E-state index is 0. The van der Waals surface area contributed by atoms with Gasteiger partial charge in [0.05, 0.1) is 0 Å². The van der Waals surface area contributed by atoms with E-state index in [0.29, 0.717) is 5.41 Å². The molecule has 1 atom stereocenters. The van der Waals surface area contributed by atoms with E-state index in [-0.39, 0.29) is 12.4 Å². The molecule has 29 heavy (non-hydrogen) atoms. The second kappa shape index (κ2) is 7.71. The lowest BCUT2D eigenvalue weighted by Crippen LogP contribution is -2.27. The lowest BCUT2D eigenvalue weighted by atomic mass is 9.70. The normalized spacial score (nSPS) is 18.8. The van der Waals surface area contributed by atoms with Crippen LogP contribution in [0.15, 0.2) is 24.3 Å². The zero-order valence-electron chi connectivity index (χ0n) is 18.1. The zero-order chi connectivity index (χ0) is 19.5. The van der Waals surface area contributed by atoms with E-state index in [2.05, 4.69) is 52.0 Å². The third-order valence-electron chi connectivity index (χ3n) is 7.03. The molecule has 5 rings (SSSR count). The number of halogens is 1. The zero-order valence-corrected chi connectivity index (χ0v) is 19.7. The summed E-state index contributed by atoms with van der Waals surface area (Å²) in [4.78, 5) is 8.17. The summed E-state index contributed by atoms with van der Waals surface area (Å²) in [5, 5.41) is 1.50. The first-order chi connectivity index (χ1) is 13.4. The molecule has 1 nitrogen and oxygen atoms in total. The average molecular weight is 426 g/mol. The highest BCUT2D eigenvalue weighted by molar-refractivity contribution is 7.19. The fourth-order valence-electron chi connectivity index (χ4n) is 5.24. The second-order valence-electron chi connectivity index (χ2n) is 9.97. The van der Waals surface area contributed by atoms with Gasteiger partial charge in [0.1, 0.15) is 4.83 Å². The molecule has 3 aromatic rings. The summed E-state index contributed by atoms with van der Waals surface area (Å²) >= 11 is 1.98. The molecule has 0 radical (unpaired) electrons. The summed E-state index contributed by atoms with van der Waals surface area (Å²) in [6.07, 6.45) is 8.73. The largest absolute Gasteiger partial charge is 0.242 e.